The molecule has 1 rings (SSSR count). The summed E-state index contributed by atoms with van der Waals surface area (Å²) in [4.78, 5) is 10.4. The van der Waals surface area contributed by atoms with Crippen molar-refractivity contribution in [3.8, 4) is 0 Å². The monoisotopic (exact) mass is 148 g/mol. The lowest BCUT2D eigenvalue weighted by Crippen LogP contribution is -1.96. The molecule has 0 amide bonds. The predicted molar refractivity (Wildman–Crippen MR) is 43.1 cm³/mol. The molecule has 0 aromatic rings. The molecule has 0 atom stereocenters. The molecule has 56 valence electrons. The van der Waals surface area contributed by atoms with E-state index in [-0.39, 0.29) is 5.57 Å². The Balaban J connectivity index is 2.93. The SMILES string of the molecule is C=C1C=CC=C(C(=O)O)C=C1. The van der Waals surface area contributed by atoms with Gasteiger partial charge in [0.05, 0.1) is 5.57 Å². The number of rotatable bonds is 1. The summed E-state index contributed by atoms with van der Waals surface area (Å²) in [7, 11) is 0. The van der Waals surface area contributed by atoms with Gasteiger partial charge in [0.15, 0.2) is 0 Å². The van der Waals surface area contributed by atoms with Crippen molar-refractivity contribution in [2.75, 3.05) is 0 Å². The van der Waals surface area contributed by atoms with Gasteiger partial charge in [-0.25, -0.2) is 4.79 Å². The van der Waals surface area contributed by atoms with E-state index in [0.717, 1.165) is 5.57 Å². The molecule has 2 heteroatoms. The number of aliphatic carboxylic acids is 1. The van der Waals surface area contributed by atoms with E-state index in [1.54, 1.807) is 18.2 Å². The van der Waals surface area contributed by atoms with Crippen LogP contribution >= 0.6 is 0 Å². The molecule has 0 unspecified atom stereocenters. The minimum absolute atomic E-state index is 0.278. The second kappa shape index (κ2) is 3.01. The van der Waals surface area contributed by atoms with Crippen LogP contribution in [0, 0.1) is 0 Å². The highest BCUT2D eigenvalue weighted by Crippen LogP contribution is 2.07. The summed E-state index contributed by atoms with van der Waals surface area (Å²) >= 11 is 0. The summed E-state index contributed by atoms with van der Waals surface area (Å²) in [6, 6.07) is 0. The van der Waals surface area contributed by atoms with Crippen LogP contribution in [0.3, 0.4) is 0 Å². The summed E-state index contributed by atoms with van der Waals surface area (Å²) in [6.07, 6.45) is 8.17. The van der Waals surface area contributed by atoms with Gasteiger partial charge in [0.2, 0.25) is 0 Å². The van der Waals surface area contributed by atoms with E-state index in [0.29, 0.717) is 0 Å². The van der Waals surface area contributed by atoms with Crippen molar-refractivity contribution >= 4 is 5.97 Å². The number of hydrogen-bond donors (Lipinski definition) is 1. The van der Waals surface area contributed by atoms with E-state index in [4.69, 9.17) is 5.11 Å². The van der Waals surface area contributed by atoms with Gasteiger partial charge in [-0.2, -0.15) is 0 Å². The van der Waals surface area contributed by atoms with Gasteiger partial charge in [-0.05, 0) is 17.7 Å². The molecule has 0 heterocycles. The van der Waals surface area contributed by atoms with Crippen molar-refractivity contribution in [3.05, 3.63) is 48.1 Å². The summed E-state index contributed by atoms with van der Waals surface area (Å²) in [5.41, 5.74) is 1.08. The molecule has 0 fully saturated rings. The molecule has 1 N–H and O–H groups in total. The van der Waals surface area contributed by atoms with Gasteiger partial charge in [-0.3, -0.25) is 0 Å². The Morgan fingerprint density at radius 3 is 2.73 bits per heavy atom. The van der Waals surface area contributed by atoms with E-state index in [1.165, 1.54) is 12.2 Å². The highest BCUT2D eigenvalue weighted by molar-refractivity contribution is 5.90. The van der Waals surface area contributed by atoms with Crippen LogP contribution in [-0.4, -0.2) is 11.1 Å². The number of carboxylic acids is 1. The number of hydrogen-bond acceptors (Lipinski definition) is 1. The van der Waals surface area contributed by atoms with Crippen LogP contribution in [0.15, 0.2) is 48.1 Å². The van der Waals surface area contributed by atoms with Gasteiger partial charge in [-0.1, -0.05) is 24.8 Å². The van der Waals surface area contributed by atoms with Crippen LogP contribution in [0.5, 0.6) is 0 Å². The third-order valence-electron chi connectivity index (χ3n) is 1.31. The first-order valence-corrected chi connectivity index (χ1v) is 3.19. The molecule has 2 nitrogen and oxygen atoms in total. The lowest BCUT2D eigenvalue weighted by molar-refractivity contribution is -0.132. The van der Waals surface area contributed by atoms with Crippen LogP contribution in [0.1, 0.15) is 0 Å². The Hall–Kier alpha value is -1.57. The van der Waals surface area contributed by atoms with Crippen LogP contribution in [0.25, 0.3) is 0 Å². The molecule has 0 saturated carbocycles. The maximum atomic E-state index is 10.4. The molecule has 0 aliphatic heterocycles. The largest absolute Gasteiger partial charge is 0.478 e. The molecule has 1 aliphatic carbocycles. The van der Waals surface area contributed by atoms with Crippen LogP contribution in [-0.2, 0) is 4.79 Å². The zero-order chi connectivity index (χ0) is 8.27. The average molecular weight is 148 g/mol. The first-order valence-electron chi connectivity index (χ1n) is 3.19. The molecule has 0 aromatic carbocycles. The quantitative estimate of drug-likeness (QED) is 0.614. The van der Waals surface area contributed by atoms with E-state index in [2.05, 4.69) is 6.58 Å². The summed E-state index contributed by atoms with van der Waals surface area (Å²) in [5.74, 6) is -0.916. The summed E-state index contributed by atoms with van der Waals surface area (Å²) in [6.45, 7) is 3.67. The predicted octanol–water partition coefficient (Wildman–Crippen LogP) is 1.68. The molecule has 1 aliphatic rings. The second-order valence-corrected chi connectivity index (χ2v) is 2.19. The fourth-order valence-electron chi connectivity index (χ4n) is 0.726. The van der Waals surface area contributed by atoms with Crippen molar-refractivity contribution in [3.63, 3.8) is 0 Å². The normalized spacial score (nSPS) is 16.0. The highest BCUT2D eigenvalue weighted by Gasteiger charge is 2.01. The topological polar surface area (TPSA) is 37.3 Å². The molecule has 0 saturated heterocycles. The maximum Gasteiger partial charge on any atom is 0.335 e. The van der Waals surface area contributed by atoms with Gasteiger partial charge in [0.25, 0.3) is 0 Å². The van der Waals surface area contributed by atoms with Crippen molar-refractivity contribution in [1.82, 2.24) is 0 Å². The minimum atomic E-state index is -0.916. The standard InChI is InChI=1S/C9H8O2/c1-7-3-2-4-8(6-5-7)9(10)11/h2-6H,1H2,(H,10,11). The van der Waals surface area contributed by atoms with Gasteiger partial charge < -0.3 is 5.11 Å². The molecular weight excluding hydrogens is 140 g/mol. The van der Waals surface area contributed by atoms with E-state index in [1.807, 2.05) is 0 Å². The zero-order valence-electron chi connectivity index (χ0n) is 5.95. The Kier molecular flexibility index (Phi) is 2.06. The van der Waals surface area contributed by atoms with Crippen LogP contribution < -0.4 is 0 Å². The fraction of sp³-hybridized carbons (Fsp3) is 0. The number of carbonyl (C=O) groups is 1. The molecular formula is C9H8O2. The van der Waals surface area contributed by atoms with Crippen molar-refractivity contribution < 1.29 is 9.90 Å². The van der Waals surface area contributed by atoms with Crippen molar-refractivity contribution in [1.29, 1.82) is 0 Å². The van der Waals surface area contributed by atoms with E-state index in [9.17, 15) is 4.79 Å². The van der Waals surface area contributed by atoms with Gasteiger partial charge in [0, 0.05) is 0 Å². The molecule has 0 bridgehead atoms. The zero-order valence-corrected chi connectivity index (χ0v) is 5.95. The Morgan fingerprint density at radius 2 is 2.09 bits per heavy atom. The fourth-order valence-corrected chi connectivity index (χ4v) is 0.726. The smallest absolute Gasteiger partial charge is 0.335 e. The number of allylic oxidation sites excluding steroid dienone is 5. The first-order chi connectivity index (χ1) is 5.20. The van der Waals surface area contributed by atoms with Gasteiger partial charge in [0.1, 0.15) is 0 Å². The highest BCUT2D eigenvalue weighted by atomic mass is 16.4. The summed E-state index contributed by atoms with van der Waals surface area (Å²) < 4.78 is 0. The first kappa shape index (κ1) is 7.54. The minimum Gasteiger partial charge on any atom is -0.478 e. The van der Waals surface area contributed by atoms with Crippen molar-refractivity contribution in [2.45, 2.75) is 0 Å². The lowest BCUT2D eigenvalue weighted by atomic mass is 10.2. The molecule has 0 aromatic heterocycles. The Labute approximate surface area is 64.9 Å². The lowest BCUT2D eigenvalue weighted by Gasteiger charge is -1.88. The van der Waals surface area contributed by atoms with Crippen LogP contribution in [0.2, 0.25) is 0 Å². The van der Waals surface area contributed by atoms with Gasteiger partial charge in [-0.15, -0.1) is 0 Å². The maximum absolute atomic E-state index is 10.4. The Bertz CT molecular complexity index is 280. The molecule has 0 radical (unpaired) electrons. The summed E-state index contributed by atoms with van der Waals surface area (Å²) in [5, 5.41) is 8.57. The van der Waals surface area contributed by atoms with E-state index < -0.39 is 5.97 Å². The average Bonchev–Trinajstić information content (AvgIpc) is 2.13. The van der Waals surface area contributed by atoms with Gasteiger partial charge >= 0.3 is 5.97 Å². The van der Waals surface area contributed by atoms with E-state index >= 15 is 0 Å². The second-order valence-electron chi connectivity index (χ2n) is 2.19. The molecule has 11 heavy (non-hydrogen) atoms. The van der Waals surface area contributed by atoms with Crippen LogP contribution in [0.4, 0.5) is 0 Å². The van der Waals surface area contributed by atoms with Crippen molar-refractivity contribution in [2.24, 2.45) is 0 Å². The Morgan fingerprint density at radius 1 is 1.36 bits per heavy atom. The third kappa shape index (κ3) is 1.93. The number of carboxylic acid groups (broad SMARTS) is 1. The third-order valence-corrected chi connectivity index (χ3v) is 1.31. The molecule has 0 spiro atoms.